The summed E-state index contributed by atoms with van der Waals surface area (Å²) in [6.07, 6.45) is 0. The minimum absolute atomic E-state index is 0.196. The Labute approximate surface area is 76.5 Å². The largest absolute Gasteiger partial charge is 0.494 e. The lowest BCUT2D eigenvalue weighted by atomic mass is 10.1. The lowest BCUT2D eigenvalue weighted by Crippen LogP contribution is -2.20. The number of ether oxygens (including phenoxy) is 1. The molecule has 0 bridgehead atoms. The summed E-state index contributed by atoms with van der Waals surface area (Å²) in [7, 11) is 1.41. The second kappa shape index (κ2) is 4.20. The average Bonchev–Trinajstić information content (AvgIpc) is 2.17. The number of rotatable bonds is 3. The highest BCUT2D eigenvalue weighted by Crippen LogP contribution is 2.20. The zero-order valence-corrected chi connectivity index (χ0v) is 7.46. The van der Waals surface area contributed by atoms with Crippen LogP contribution >= 0.6 is 0 Å². The fourth-order valence-corrected chi connectivity index (χ4v) is 1.04. The van der Waals surface area contributed by atoms with Crippen molar-refractivity contribution in [1.82, 2.24) is 0 Å². The molecule has 0 amide bonds. The monoisotopic (exact) mass is 184 g/mol. The van der Waals surface area contributed by atoms with Gasteiger partial charge in [0.15, 0.2) is 11.6 Å². The van der Waals surface area contributed by atoms with Crippen LogP contribution < -0.4 is 16.2 Å². The Morgan fingerprint density at radius 1 is 1.54 bits per heavy atom. The normalized spacial score (nSPS) is 12.6. The van der Waals surface area contributed by atoms with Crippen molar-refractivity contribution in [3.63, 3.8) is 0 Å². The van der Waals surface area contributed by atoms with Gasteiger partial charge >= 0.3 is 0 Å². The maximum absolute atomic E-state index is 12.9. The molecule has 1 rings (SSSR count). The van der Waals surface area contributed by atoms with Crippen LogP contribution in [0.4, 0.5) is 4.39 Å². The Morgan fingerprint density at radius 2 is 2.23 bits per heavy atom. The first-order chi connectivity index (χ1) is 6.19. The average molecular weight is 184 g/mol. The van der Waals surface area contributed by atoms with E-state index in [1.165, 1.54) is 13.2 Å². The highest BCUT2D eigenvalue weighted by atomic mass is 19.1. The van der Waals surface area contributed by atoms with E-state index >= 15 is 0 Å². The first kappa shape index (κ1) is 9.95. The predicted molar refractivity (Wildman–Crippen MR) is 48.9 cm³/mol. The number of halogens is 1. The molecule has 0 aliphatic heterocycles. The number of nitrogens with two attached hydrogens (primary N) is 2. The van der Waals surface area contributed by atoms with E-state index in [1.54, 1.807) is 12.1 Å². The molecule has 1 unspecified atom stereocenters. The highest BCUT2D eigenvalue weighted by Gasteiger charge is 2.07. The molecule has 1 atom stereocenters. The summed E-state index contributed by atoms with van der Waals surface area (Å²) >= 11 is 0. The summed E-state index contributed by atoms with van der Waals surface area (Å²) in [6, 6.07) is 4.22. The summed E-state index contributed by atoms with van der Waals surface area (Å²) < 4.78 is 17.7. The second-order valence-corrected chi connectivity index (χ2v) is 2.74. The van der Waals surface area contributed by atoms with Gasteiger partial charge in [-0.2, -0.15) is 0 Å². The smallest absolute Gasteiger partial charge is 0.165 e. The maximum atomic E-state index is 12.9. The van der Waals surface area contributed by atoms with Gasteiger partial charge in [0.2, 0.25) is 0 Å². The van der Waals surface area contributed by atoms with Crippen LogP contribution in [0.15, 0.2) is 18.2 Å². The summed E-state index contributed by atoms with van der Waals surface area (Å²) in [5.74, 6) is -0.197. The number of hydrogen-bond acceptors (Lipinski definition) is 3. The van der Waals surface area contributed by atoms with Gasteiger partial charge in [-0.3, -0.25) is 0 Å². The Morgan fingerprint density at radius 3 is 2.77 bits per heavy atom. The number of hydrogen-bond donors (Lipinski definition) is 2. The van der Waals surface area contributed by atoms with Gasteiger partial charge in [-0.25, -0.2) is 4.39 Å². The molecule has 72 valence electrons. The van der Waals surface area contributed by atoms with E-state index in [-0.39, 0.29) is 11.8 Å². The van der Waals surface area contributed by atoms with Crippen molar-refractivity contribution < 1.29 is 9.13 Å². The van der Waals surface area contributed by atoms with Gasteiger partial charge in [0.25, 0.3) is 0 Å². The van der Waals surface area contributed by atoms with Crippen LogP contribution in [0.2, 0.25) is 0 Å². The van der Waals surface area contributed by atoms with Gasteiger partial charge in [0, 0.05) is 12.6 Å². The predicted octanol–water partition coefficient (Wildman–Crippen LogP) is 0.793. The first-order valence-electron chi connectivity index (χ1n) is 3.98. The number of benzene rings is 1. The van der Waals surface area contributed by atoms with Crippen LogP contribution in [0.3, 0.4) is 0 Å². The molecular weight excluding hydrogens is 171 g/mol. The molecule has 0 saturated heterocycles. The molecule has 0 aliphatic carbocycles. The molecule has 0 heterocycles. The van der Waals surface area contributed by atoms with Gasteiger partial charge in [-0.05, 0) is 17.7 Å². The minimum Gasteiger partial charge on any atom is -0.494 e. The SMILES string of the molecule is COc1cc(C(N)CN)ccc1F. The maximum Gasteiger partial charge on any atom is 0.165 e. The Kier molecular flexibility index (Phi) is 3.22. The Hall–Kier alpha value is -1.13. The summed E-state index contributed by atoms with van der Waals surface area (Å²) in [6.45, 7) is 0.328. The van der Waals surface area contributed by atoms with Crippen molar-refractivity contribution in [2.45, 2.75) is 6.04 Å². The number of methoxy groups -OCH3 is 1. The van der Waals surface area contributed by atoms with E-state index < -0.39 is 5.82 Å². The summed E-state index contributed by atoms with van der Waals surface area (Å²) in [5.41, 5.74) is 11.8. The van der Waals surface area contributed by atoms with E-state index in [0.29, 0.717) is 6.54 Å². The standard InChI is InChI=1S/C9H13FN2O/c1-13-9-4-6(8(12)5-11)2-3-7(9)10/h2-4,8H,5,11-12H2,1H3. The van der Waals surface area contributed by atoms with Crippen LogP contribution in [0.1, 0.15) is 11.6 Å². The Balaban J connectivity index is 2.99. The molecule has 0 aliphatic rings. The third kappa shape index (κ3) is 2.17. The van der Waals surface area contributed by atoms with E-state index in [0.717, 1.165) is 5.56 Å². The molecule has 0 aromatic heterocycles. The molecule has 0 spiro atoms. The van der Waals surface area contributed by atoms with Crippen LogP contribution in [0.5, 0.6) is 5.75 Å². The topological polar surface area (TPSA) is 61.3 Å². The minimum atomic E-state index is -0.393. The van der Waals surface area contributed by atoms with Gasteiger partial charge in [0.1, 0.15) is 0 Å². The zero-order chi connectivity index (χ0) is 9.84. The van der Waals surface area contributed by atoms with Crippen molar-refractivity contribution in [1.29, 1.82) is 0 Å². The highest BCUT2D eigenvalue weighted by molar-refractivity contribution is 5.32. The van der Waals surface area contributed by atoms with E-state index in [4.69, 9.17) is 16.2 Å². The zero-order valence-electron chi connectivity index (χ0n) is 7.46. The molecule has 4 N–H and O–H groups in total. The molecule has 1 aromatic carbocycles. The first-order valence-corrected chi connectivity index (χ1v) is 3.98. The fraction of sp³-hybridized carbons (Fsp3) is 0.333. The lowest BCUT2D eigenvalue weighted by molar-refractivity contribution is 0.385. The molecule has 0 fully saturated rings. The van der Waals surface area contributed by atoms with Crippen molar-refractivity contribution in [2.75, 3.05) is 13.7 Å². The van der Waals surface area contributed by atoms with Crippen LogP contribution in [-0.4, -0.2) is 13.7 Å². The van der Waals surface area contributed by atoms with Crippen molar-refractivity contribution in [3.8, 4) is 5.75 Å². The van der Waals surface area contributed by atoms with Gasteiger partial charge in [-0.1, -0.05) is 6.07 Å². The molecule has 0 radical (unpaired) electrons. The molecular formula is C9H13FN2O. The third-order valence-corrected chi connectivity index (χ3v) is 1.86. The van der Waals surface area contributed by atoms with E-state index in [9.17, 15) is 4.39 Å². The second-order valence-electron chi connectivity index (χ2n) is 2.74. The van der Waals surface area contributed by atoms with Gasteiger partial charge in [0.05, 0.1) is 7.11 Å². The molecule has 13 heavy (non-hydrogen) atoms. The van der Waals surface area contributed by atoms with E-state index in [1.807, 2.05) is 0 Å². The third-order valence-electron chi connectivity index (χ3n) is 1.86. The van der Waals surface area contributed by atoms with Gasteiger partial charge < -0.3 is 16.2 Å². The van der Waals surface area contributed by atoms with Crippen LogP contribution in [-0.2, 0) is 0 Å². The van der Waals surface area contributed by atoms with Gasteiger partial charge in [-0.15, -0.1) is 0 Å². The molecule has 0 saturated carbocycles. The van der Waals surface area contributed by atoms with Crippen molar-refractivity contribution in [2.24, 2.45) is 11.5 Å². The Bertz CT molecular complexity index is 291. The summed E-state index contributed by atoms with van der Waals surface area (Å²) in [5, 5.41) is 0. The summed E-state index contributed by atoms with van der Waals surface area (Å²) in [4.78, 5) is 0. The quantitative estimate of drug-likeness (QED) is 0.730. The molecule has 1 aromatic rings. The van der Waals surface area contributed by atoms with Crippen molar-refractivity contribution in [3.05, 3.63) is 29.6 Å². The van der Waals surface area contributed by atoms with Crippen LogP contribution in [0, 0.1) is 5.82 Å². The van der Waals surface area contributed by atoms with E-state index in [2.05, 4.69) is 0 Å². The lowest BCUT2D eigenvalue weighted by Gasteiger charge is -2.10. The van der Waals surface area contributed by atoms with Crippen LogP contribution in [0.25, 0.3) is 0 Å². The molecule has 4 heteroatoms. The van der Waals surface area contributed by atoms with Crippen molar-refractivity contribution >= 4 is 0 Å². The fourth-order valence-electron chi connectivity index (χ4n) is 1.04. The molecule has 3 nitrogen and oxygen atoms in total.